The summed E-state index contributed by atoms with van der Waals surface area (Å²) in [5.74, 6) is -1.37. The minimum atomic E-state index is -3.18. The van der Waals surface area contributed by atoms with Crippen molar-refractivity contribution in [1.82, 2.24) is 9.78 Å². The van der Waals surface area contributed by atoms with Gasteiger partial charge in [0, 0.05) is 13.3 Å². The summed E-state index contributed by atoms with van der Waals surface area (Å²) in [5, 5.41) is 12.4. The number of carboxylic acids is 1. The van der Waals surface area contributed by atoms with Crippen molar-refractivity contribution in [2.45, 2.75) is 5.75 Å². The Kier molecular flexibility index (Phi) is 2.61. The summed E-state index contributed by atoms with van der Waals surface area (Å²) in [6.45, 7) is 0. The molecule has 14 heavy (non-hydrogen) atoms. The molecule has 0 aliphatic rings. The van der Waals surface area contributed by atoms with E-state index < -0.39 is 15.8 Å². The van der Waals surface area contributed by atoms with E-state index in [1.54, 1.807) is 0 Å². The van der Waals surface area contributed by atoms with Gasteiger partial charge in [-0.15, -0.1) is 0 Å². The fraction of sp³-hybridized carbons (Fsp3) is 0.429. The van der Waals surface area contributed by atoms with E-state index in [0.29, 0.717) is 0 Å². The zero-order valence-electron chi connectivity index (χ0n) is 7.76. The molecule has 0 aromatic carbocycles. The van der Waals surface area contributed by atoms with E-state index >= 15 is 0 Å². The molecule has 0 saturated heterocycles. The standard InChI is InChI=1S/C7H10N2O4S/c1-9-6(7(10)11)3-5(8-9)4-14(2,12)13/h3H,4H2,1-2H3,(H,10,11). The van der Waals surface area contributed by atoms with Crippen LogP contribution in [0.2, 0.25) is 0 Å². The number of aryl methyl sites for hydroxylation is 1. The highest BCUT2D eigenvalue weighted by atomic mass is 32.2. The molecule has 0 bridgehead atoms. The number of hydrogen-bond acceptors (Lipinski definition) is 4. The van der Waals surface area contributed by atoms with Crippen LogP contribution in [0.5, 0.6) is 0 Å². The predicted octanol–water partition coefficient (Wildman–Crippen LogP) is -0.337. The molecule has 1 heterocycles. The molecule has 0 aliphatic carbocycles. The molecular weight excluding hydrogens is 208 g/mol. The number of aromatic nitrogens is 2. The highest BCUT2D eigenvalue weighted by Gasteiger charge is 2.14. The molecule has 1 aromatic rings. The van der Waals surface area contributed by atoms with Crippen molar-refractivity contribution in [3.8, 4) is 0 Å². The van der Waals surface area contributed by atoms with Crippen LogP contribution >= 0.6 is 0 Å². The van der Waals surface area contributed by atoms with Crippen LogP contribution in [0.15, 0.2) is 6.07 Å². The first-order valence-electron chi connectivity index (χ1n) is 3.73. The Bertz CT molecular complexity index is 460. The number of carbonyl (C=O) groups is 1. The Balaban J connectivity index is 3.04. The van der Waals surface area contributed by atoms with E-state index in [-0.39, 0.29) is 17.1 Å². The topological polar surface area (TPSA) is 89.3 Å². The Morgan fingerprint density at radius 2 is 2.21 bits per heavy atom. The first kappa shape index (κ1) is 10.7. The lowest BCUT2D eigenvalue weighted by atomic mass is 10.4. The molecule has 7 heteroatoms. The van der Waals surface area contributed by atoms with Gasteiger partial charge in [0.2, 0.25) is 0 Å². The fourth-order valence-electron chi connectivity index (χ4n) is 1.07. The van der Waals surface area contributed by atoms with E-state index in [4.69, 9.17) is 5.11 Å². The second-order valence-corrected chi connectivity index (χ2v) is 5.16. The largest absolute Gasteiger partial charge is 0.477 e. The van der Waals surface area contributed by atoms with Gasteiger partial charge in [-0.1, -0.05) is 0 Å². The maximum atomic E-state index is 10.9. The minimum absolute atomic E-state index is 0.0244. The fourth-order valence-corrected chi connectivity index (χ4v) is 1.74. The molecule has 0 atom stereocenters. The van der Waals surface area contributed by atoms with E-state index in [2.05, 4.69) is 5.10 Å². The van der Waals surface area contributed by atoms with Crippen molar-refractivity contribution in [2.75, 3.05) is 6.26 Å². The maximum Gasteiger partial charge on any atom is 0.354 e. The number of rotatable bonds is 3. The maximum absolute atomic E-state index is 10.9. The van der Waals surface area contributed by atoms with Gasteiger partial charge in [0.1, 0.15) is 5.69 Å². The molecule has 1 aromatic heterocycles. The smallest absolute Gasteiger partial charge is 0.354 e. The van der Waals surface area contributed by atoms with E-state index in [1.165, 1.54) is 13.1 Å². The van der Waals surface area contributed by atoms with Crippen LogP contribution in [0.25, 0.3) is 0 Å². The van der Waals surface area contributed by atoms with Crippen molar-refractivity contribution in [3.05, 3.63) is 17.5 Å². The molecule has 1 N–H and O–H groups in total. The van der Waals surface area contributed by atoms with Crippen molar-refractivity contribution in [2.24, 2.45) is 7.05 Å². The van der Waals surface area contributed by atoms with Gasteiger partial charge in [-0.3, -0.25) is 4.68 Å². The van der Waals surface area contributed by atoms with Crippen molar-refractivity contribution >= 4 is 15.8 Å². The van der Waals surface area contributed by atoms with Crippen LogP contribution in [-0.4, -0.2) is 35.5 Å². The van der Waals surface area contributed by atoms with E-state index in [9.17, 15) is 13.2 Å². The summed E-state index contributed by atoms with van der Waals surface area (Å²) in [6.07, 6.45) is 1.07. The Labute approximate surface area is 81.1 Å². The highest BCUT2D eigenvalue weighted by molar-refractivity contribution is 7.89. The Morgan fingerprint density at radius 1 is 1.64 bits per heavy atom. The monoisotopic (exact) mass is 218 g/mol. The van der Waals surface area contributed by atoms with Crippen LogP contribution in [-0.2, 0) is 22.6 Å². The highest BCUT2D eigenvalue weighted by Crippen LogP contribution is 2.06. The Morgan fingerprint density at radius 3 is 2.57 bits per heavy atom. The quantitative estimate of drug-likeness (QED) is 0.749. The van der Waals surface area contributed by atoms with E-state index in [0.717, 1.165) is 10.9 Å². The van der Waals surface area contributed by atoms with E-state index in [1.807, 2.05) is 0 Å². The molecule has 78 valence electrons. The lowest BCUT2D eigenvalue weighted by Crippen LogP contribution is -2.05. The number of hydrogen-bond donors (Lipinski definition) is 1. The van der Waals surface area contributed by atoms with Crippen LogP contribution < -0.4 is 0 Å². The summed E-state index contributed by atoms with van der Waals surface area (Å²) in [7, 11) is -1.72. The summed E-state index contributed by atoms with van der Waals surface area (Å²) in [6, 6.07) is 1.25. The van der Waals surface area contributed by atoms with Crippen LogP contribution in [0, 0.1) is 0 Å². The molecule has 0 radical (unpaired) electrons. The average molecular weight is 218 g/mol. The number of carboxylic acid groups (broad SMARTS) is 1. The predicted molar refractivity (Wildman–Crippen MR) is 48.7 cm³/mol. The summed E-state index contributed by atoms with van der Waals surface area (Å²) in [5.41, 5.74) is 0.219. The van der Waals surface area contributed by atoms with Gasteiger partial charge in [-0.2, -0.15) is 5.10 Å². The third-order valence-electron chi connectivity index (χ3n) is 1.56. The van der Waals surface area contributed by atoms with Gasteiger partial charge < -0.3 is 5.11 Å². The van der Waals surface area contributed by atoms with Gasteiger partial charge in [-0.05, 0) is 6.07 Å². The second kappa shape index (κ2) is 3.41. The summed E-state index contributed by atoms with van der Waals surface area (Å²) >= 11 is 0. The van der Waals surface area contributed by atoms with Gasteiger partial charge in [0.05, 0.1) is 11.4 Å². The van der Waals surface area contributed by atoms with Crippen molar-refractivity contribution in [3.63, 3.8) is 0 Å². The molecular formula is C7H10N2O4S. The normalized spacial score (nSPS) is 11.6. The lowest BCUT2D eigenvalue weighted by molar-refractivity contribution is 0.0685. The molecule has 1 rings (SSSR count). The molecule has 0 fully saturated rings. The summed E-state index contributed by atoms with van der Waals surface area (Å²) in [4.78, 5) is 10.6. The molecule has 6 nitrogen and oxygen atoms in total. The van der Waals surface area contributed by atoms with Crippen molar-refractivity contribution < 1.29 is 18.3 Å². The Hall–Kier alpha value is -1.37. The van der Waals surface area contributed by atoms with Crippen molar-refractivity contribution in [1.29, 1.82) is 0 Å². The first-order valence-corrected chi connectivity index (χ1v) is 5.79. The molecule has 0 unspecified atom stereocenters. The van der Waals surface area contributed by atoms with Gasteiger partial charge in [-0.25, -0.2) is 13.2 Å². The van der Waals surface area contributed by atoms with Crippen LogP contribution in [0.4, 0.5) is 0 Å². The number of aromatic carboxylic acids is 1. The number of nitrogens with zero attached hydrogens (tertiary/aromatic N) is 2. The van der Waals surface area contributed by atoms with Crippen LogP contribution in [0.3, 0.4) is 0 Å². The molecule has 0 spiro atoms. The van der Waals surface area contributed by atoms with Crippen LogP contribution in [0.1, 0.15) is 16.2 Å². The molecule has 0 amide bonds. The third-order valence-corrected chi connectivity index (χ3v) is 2.38. The average Bonchev–Trinajstić information content (AvgIpc) is 2.26. The summed E-state index contributed by atoms with van der Waals surface area (Å²) < 4.78 is 22.9. The van der Waals surface area contributed by atoms with Gasteiger partial charge in [0.25, 0.3) is 0 Å². The third kappa shape index (κ3) is 2.56. The lowest BCUT2D eigenvalue weighted by Gasteiger charge is -1.92. The molecule has 0 saturated carbocycles. The molecule has 0 aliphatic heterocycles. The van der Waals surface area contributed by atoms with Gasteiger partial charge >= 0.3 is 5.97 Å². The van der Waals surface area contributed by atoms with Gasteiger partial charge in [0.15, 0.2) is 9.84 Å². The SMILES string of the molecule is Cn1nc(CS(C)(=O)=O)cc1C(=O)O. The zero-order chi connectivity index (χ0) is 10.9. The first-order chi connectivity index (χ1) is 6.29. The second-order valence-electron chi connectivity index (χ2n) is 3.02. The zero-order valence-corrected chi connectivity index (χ0v) is 8.58. The number of sulfone groups is 1. The minimum Gasteiger partial charge on any atom is -0.477 e.